The van der Waals surface area contributed by atoms with Crippen molar-refractivity contribution in [1.29, 1.82) is 0 Å². The molecule has 82 valence electrons. The van der Waals surface area contributed by atoms with E-state index in [4.69, 9.17) is 4.11 Å². The average Bonchev–Trinajstić information content (AvgIpc) is 2.67. The van der Waals surface area contributed by atoms with Gasteiger partial charge in [-0.05, 0) is 19.1 Å². The number of nitrogens with zero attached hydrogens (tertiary/aromatic N) is 3. The number of aryl methyl sites for hydroxylation is 1. The molecule has 0 radical (unpaired) electrons. The van der Waals surface area contributed by atoms with E-state index in [1.807, 2.05) is 0 Å². The standard InChI is InChI=1S/C11H10FN3O/c1-7-11(10(6-16)14-15(7)2)9-4-3-8(12)5-13-9/h3-6H,1-2H3/i2D3. The predicted molar refractivity (Wildman–Crippen MR) is 56.5 cm³/mol. The monoisotopic (exact) mass is 222 g/mol. The van der Waals surface area contributed by atoms with Gasteiger partial charge in [-0.25, -0.2) is 4.39 Å². The van der Waals surface area contributed by atoms with Crippen LogP contribution in [-0.4, -0.2) is 21.1 Å². The summed E-state index contributed by atoms with van der Waals surface area (Å²) in [6, 6.07) is 2.55. The molecule has 0 aliphatic carbocycles. The molecule has 0 saturated carbocycles. The maximum atomic E-state index is 12.8. The topological polar surface area (TPSA) is 47.8 Å². The second-order valence-corrected chi connectivity index (χ2v) is 3.24. The third-order valence-corrected chi connectivity index (χ3v) is 2.24. The van der Waals surface area contributed by atoms with Gasteiger partial charge in [0.2, 0.25) is 0 Å². The fourth-order valence-electron chi connectivity index (χ4n) is 1.45. The van der Waals surface area contributed by atoms with Crippen molar-refractivity contribution in [3.8, 4) is 11.3 Å². The van der Waals surface area contributed by atoms with Crippen molar-refractivity contribution in [3.63, 3.8) is 0 Å². The zero-order valence-corrected chi connectivity index (χ0v) is 8.44. The van der Waals surface area contributed by atoms with Gasteiger partial charge in [0.1, 0.15) is 11.5 Å². The van der Waals surface area contributed by atoms with Crippen LogP contribution in [0, 0.1) is 12.7 Å². The second-order valence-electron chi connectivity index (χ2n) is 3.24. The molecule has 16 heavy (non-hydrogen) atoms. The zero-order chi connectivity index (χ0) is 14.2. The molecule has 4 nitrogen and oxygen atoms in total. The number of carbonyl (C=O) groups is 1. The van der Waals surface area contributed by atoms with Crippen molar-refractivity contribution in [1.82, 2.24) is 14.8 Å². The first-order valence-corrected chi connectivity index (χ1v) is 4.52. The summed E-state index contributed by atoms with van der Waals surface area (Å²) in [7, 11) is 0. The predicted octanol–water partition coefficient (Wildman–Crippen LogP) is 1.74. The van der Waals surface area contributed by atoms with Gasteiger partial charge >= 0.3 is 0 Å². The molecule has 2 rings (SSSR count). The summed E-state index contributed by atoms with van der Waals surface area (Å²) in [5.41, 5.74) is 0.844. The van der Waals surface area contributed by atoms with Crippen molar-refractivity contribution in [2.24, 2.45) is 6.98 Å². The normalized spacial score (nSPS) is 14.0. The van der Waals surface area contributed by atoms with Gasteiger partial charge < -0.3 is 0 Å². The lowest BCUT2D eigenvalue weighted by Crippen LogP contribution is -1.93. The second kappa shape index (κ2) is 3.84. The molecule has 0 aliphatic heterocycles. The molecule has 0 amide bonds. The molecule has 0 bridgehead atoms. The number of halogens is 1. The van der Waals surface area contributed by atoms with E-state index < -0.39 is 12.8 Å². The number of hydrogen-bond acceptors (Lipinski definition) is 3. The fraction of sp³-hybridized carbons (Fsp3) is 0.182. The highest BCUT2D eigenvalue weighted by atomic mass is 19.1. The van der Waals surface area contributed by atoms with Gasteiger partial charge in [-0.2, -0.15) is 5.10 Å². The smallest absolute Gasteiger partial charge is 0.171 e. The minimum atomic E-state index is -2.49. The molecule has 5 heteroatoms. The minimum absolute atomic E-state index is 0.0345. The van der Waals surface area contributed by atoms with E-state index in [-0.39, 0.29) is 11.4 Å². The zero-order valence-electron chi connectivity index (χ0n) is 11.4. The minimum Gasteiger partial charge on any atom is -0.296 e. The number of pyridine rings is 1. The van der Waals surface area contributed by atoms with Crippen LogP contribution < -0.4 is 0 Å². The van der Waals surface area contributed by atoms with Crippen molar-refractivity contribution >= 4 is 6.29 Å². The van der Waals surface area contributed by atoms with Gasteiger partial charge in [0.25, 0.3) is 0 Å². The molecule has 0 unspecified atom stereocenters. The van der Waals surface area contributed by atoms with Crippen LogP contribution in [0.15, 0.2) is 18.3 Å². The molecular formula is C11H10FN3O. The van der Waals surface area contributed by atoms with Gasteiger partial charge in [0, 0.05) is 16.8 Å². The maximum absolute atomic E-state index is 12.8. The van der Waals surface area contributed by atoms with E-state index in [0.29, 0.717) is 17.5 Å². The maximum Gasteiger partial charge on any atom is 0.171 e. The molecule has 0 spiro atoms. The molecule has 0 fully saturated rings. The first-order chi connectivity index (χ1) is 8.84. The first kappa shape index (κ1) is 7.27. The molecule has 2 aromatic heterocycles. The molecule has 0 aliphatic rings. The molecule has 0 saturated heterocycles. The summed E-state index contributed by atoms with van der Waals surface area (Å²) in [4.78, 5) is 14.8. The van der Waals surface area contributed by atoms with E-state index in [0.717, 1.165) is 10.9 Å². The third kappa shape index (κ3) is 1.60. The van der Waals surface area contributed by atoms with E-state index in [1.165, 1.54) is 19.1 Å². The highest BCUT2D eigenvalue weighted by Gasteiger charge is 2.15. The van der Waals surface area contributed by atoms with Crippen LogP contribution in [0.1, 0.15) is 20.3 Å². The van der Waals surface area contributed by atoms with Crippen molar-refractivity contribution < 1.29 is 13.3 Å². The Kier molecular flexibility index (Phi) is 1.75. The summed E-state index contributed by atoms with van der Waals surface area (Å²) in [6.07, 6.45) is 1.45. The fourth-order valence-corrected chi connectivity index (χ4v) is 1.45. The highest BCUT2D eigenvalue weighted by molar-refractivity contribution is 5.85. The van der Waals surface area contributed by atoms with Gasteiger partial charge in [-0.3, -0.25) is 14.5 Å². The Morgan fingerprint density at radius 2 is 2.38 bits per heavy atom. The average molecular weight is 222 g/mol. The van der Waals surface area contributed by atoms with E-state index in [2.05, 4.69) is 10.1 Å². The van der Waals surface area contributed by atoms with E-state index in [9.17, 15) is 9.18 Å². The Balaban J connectivity index is 2.66. The van der Waals surface area contributed by atoms with Crippen molar-refractivity contribution in [2.75, 3.05) is 0 Å². The van der Waals surface area contributed by atoms with Gasteiger partial charge in [0.15, 0.2) is 6.29 Å². The highest BCUT2D eigenvalue weighted by Crippen LogP contribution is 2.23. The Labute approximate surface area is 96.0 Å². The summed E-state index contributed by atoms with van der Waals surface area (Å²) < 4.78 is 35.6. The number of aldehydes is 1. The summed E-state index contributed by atoms with van der Waals surface area (Å²) in [6.45, 7) is -0.965. The van der Waals surface area contributed by atoms with Gasteiger partial charge in [0.05, 0.1) is 17.5 Å². The number of carbonyl (C=O) groups excluding carboxylic acids is 1. The van der Waals surface area contributed by atoms with Crippen molar-refractivity contribution in [2.45, 2.75) is 6.92 Å². The lowest BCUT2D eigenvalue weighted by Gasteiger charge is -2.00. The van der Waals surface area contributed by atoms with Gasteiger partial charge in [-0.15, -0.1) is 0 Å². The first-order valence-electron chi connectivity index (χ1n) is 6.02. The largest absolute Gasteiger partial charge is 0.296 e. The van der Waals surface area contributed by atoms with Crippen LogP contribution in [0.4, 0.5) is 4.39 Å². The molecule has 0 N–H and O–H groups in total. The summed E-state index contributed by atoms with van der Waals surface area (Å²) in [5, 5.41) is 3.75. The van der Waals surface area contributed by atoms with Crippen LogP contribution >= 0.6 is 0 Å². The number of rotatable bonds is 2. The lowest BCUT2D eigenvalue weighted by atomic mass is 10.1. The quantitative estimate of drug-likeness (QED) is 0.727. The Bertz CT molecular complexity index is 619. The molecule has 2 heterocycles. The number of hydrogen-bond donors (Lipinski definition) is 0. The van der Waals surface area contributed by atoms with Crippen LogP contribution in [0.3, 0.4) is 0 Å². The summed E-state index contributed by atoms with van der Waals surface area (Å²) >= 11 is 0. The van der Waals surface area contributed by atoms with Crippen LogP contribution in [0.2, 0.25) is 0 Å². The Morgan fingerprint density at radius 3 is 2.94 bits per heavy atom. The Hall–Kier alpha value is -2.04. The molecule has 0 aromatic carbocycles. The lowest BCUT2D eigenvalue weighted by molar-refractivity contribution is 0.111. The molecule has 2 aromatic rings. The SMILES string of the molecule is [2H]C([2H])([2H])n1nc(C=O)c(-c2ccc(F)cn2)c1C. The third-order valence-electron chi connectivity index (χ3n) is 2.24. The van der Waals surface area contributed by atoms with Crippen LogP contribution in [-0.2, 0) is 6.98 Å². The molecular weight excluding hydrogens is 209 g/mol. The Morgan fingerprint density at radius 1 is 1.56 bits per heavy atom. The number of aromatic nitrogens is 3. The summed E-state index contributed by atoms with van der Waals surface area (Å²) in [5.74, 6) is -0.516. The van der Waals surface area contributed by atoms with Crippen molar-refractivity contribution in [3.05, 3.63) is 35.5 Å². The van der Waals surface area contributed by atoms with Crippen LogP contribution in [0.25, 0.3) is 11.3 Å². The molecule has 0 atom stereocenters. The van der Waals surface area contributed by atoms with E-state index in [1.54, 1.807) is 0 Å². The van der Waals surface area contributed by atoms with Gasteiger partial charge in [-0.1, -0.05) is 0 Å². The van der Waals surface area contributed by atoms with Crippen LogP contribution in [0.5, 0.6) is 0 Å². The van der Waals surface area contributed by atoms with E-state index >= 15 is 0 Å².